The van der Waals surface area contributed by atoms with Gasteiger partial charge in [-0.05, 0) is 68.2 Å². The van der Waals surface area contributed by atoms with Crippen molar-refractivity contribution in [3.05, 3.63) is 33.1 Å². The maximum atomic E-state index is 13.6. The molecule has 0 radical (unpaired) electrons. The van der Waals surface area contributed by atoms with Crippen molar-refractivity contribution in [3.8, 4) is 0 Å². The van der Waals surface area contributed by atoms with Crippen LogP contribution in [-0.2, 0) is 47.4 Å². The zero-order valence-corrected chi connectivity index (χ0v) is 30.4. The summed E-state index contributed by atoms with van der Waals surface area (Å²) in [6.07, 6.45) is -7.04. The Labute approximate surface area is 290 Å². The first kappa shape index (κ1) is 38.3. The van der Waals surface area contributed by atoms with Crippen LogP contribution in [0.4, 0.5) is 4.79 Å². The van der Waals surface area contributed by atoms with Gasteiger partial charge >= 0.3 is 17.8 Å². The molecule has 4 N–H and O–H groups in total. The maximum absolute atomic E-state index is 13.6. The van der Waals surface area contributed by atoms with Crippen molar-refractivity contribution in [2.75, 3.05) is 6.54 Å². The Kier molecular flexibility index (Phi) is 10.7. The number of amides is 1. The molecule has 1 aromatic rings. The summed E-state index contributed by atoms with van der Waals surface area (Å²) >= 11 is 0. The van der Waals surface area contributed by atoms with Gasteiger partial charge in [0.05, 0.1) is 0 Å². The minimum Gasteiger partial charge on any atom is -0.459 e. The fourth-order valence-corrected chi connectivity index (χ4v) is 6.59. The second kappa shape index (κ2) is 13.9. The number of aromatic amines is 1. The number of hydrogen-bond acceptors (Lipinski definition) is 14. The summed E-state index contributed by atoms with van der Waals surface area (Å²) in [7, 11) is 0. The Morgan fingerprint density at radius 1 is 0.940 bits per heavy atom. The van der Waals surface area contributed by atoms with Crippen LogP contribution in [0.3, 0.4) is 0 Å². The lowest BCUT2D eigenvalue weighted by Gasteiger charge is -2.35. The Morgan fingerprint density at radius 2 is 1.56 bits per heavy atom. The molecule has 17 nitrogen and oxygen atoms in total. The molecule has 0 aliphatic carbocycles. The second-order valence-electron chi connectivity index (χ2n) is 15.4. The Bertz CT molecular complexity index is 1510. The molecule has 5 rings (SSSR count). The third-order valence-electron chi connectivity index (χ3n) is 8.73. The third kappa shape index (κ3) is 8.25. The van der Waals surface area contributed by atoms with Gasteiger partial charge in [0.2, 0.25) is 0 Å². The van der Waals surface area contributed by atoms with Gasteiger partial charge in [0.25, 0.3) is 5.56 Å². The van der Waals surface area contributed by atoms with E-state index in [9.17, 15) is 19.2 Å². The predicted octanol–water partition coefficient (Wildman–Crippen LogP) is 1.56. The zero-order valence-electron chi connectivity index (χ0n) is 30.4. The monoisotopic (exact) mass is 712 g/mol. The van der Waals surface area contributed by atoms with Crippen LogP contribution in [0, 0.1) is 0 Å². The smallest absolute Gasteiger partial charge is 0.407 e. The van der Waals surface area contributed by atoms with E-state index < -0.39 is 107 Å². The van der Waals surface area contributed by atoms with Crippen molar-refractivity contribution in [3.63, 3.8) is 0 Å². The molecule has 4 saturated heterocycles. The van der Waals surface area contributed by atoms with Crippen molar-refractivity contribution >= 4 is 12.1 Å². The largest absolute Gasteiger partial charge is 0.459 e. The molecule has 4 aliphatic rings. The lowest BCUT2D eigenvalue weighted by molar-refractivity contribution is -0.275. The molecule has 0 saturated carbocycles. The van der Waals surface area contributed by atoms with Crippen LogP contribution >= 0.6 is 0 Å². The molecule has 0 aromatic carbocycles. The quantitative estimate of drug-likeness (QED) is 0.294. The summed E-state index contributed by atoms with van der Waals surface area (Å²) in [5.74, 6) is -2.87. The summed E-state index contributed by atoms with van der Waals surface area (Å²) in [4.78, 5) is 53.1. The first-order chi connectivity index (χ1) is 23.1. The number of esters is 1. The highest BCUT2D eigenvalue weighted by Crippen LogP contribution is 2.47. The number of H-pyrrole nitrogens is 1. The zero-order chi connectivity index (χ0) is 37.0. The lowest BCUT2D eigenvalue weighted by atomic mass is 9.99. The van der Waals surface area contributed by atoms with Crippen LogP contribution in [0.25, 0.3) is 0 Å². The Balaban J connectivity index is 1.48. The van der Waals surface area contributed by atoms with Crippen molar-refractivity contribution in [1.82, 2.24) is 14.9 Å². The number of fused-ring (bicyclic) bond motifs is 2. The van der Waals surface area contributed by atoms with E-state index in [1.165, 1.54) is 16.8 Å². The third-order valence-corrected chi connectivity index (χ3v) is 8.73. The minimum absolute atomic E-state index is 0.00143. The molecular formula is C33H52N4O13. The molecule has 0 bridgehead atoms. The highest BCUT2D eigenvalue weighted by Gasteiger charge is 2.63. The van der Waals surface area contributed by atoms with Gasteiger partial charge < -0.3 is 53.7 Å². The van der Waals surface area contributed by atoms with E-state index in [4.69, 9.17) is 48.4 Å². The summed E-state index contributed by atoms with van der Waals surface area (Å²) in [5.41, 5.74) is 3.71. The van der Waals surface area contributed by atoms with Gasteiger partial charge in [-0.15, -0.1) is 0 Å². The topological polar surface area (TPSA) is 210 Å². The van der Waals surface area contributed by atoms with Crippen LogP contribution in [0.1, 0.15) is 88.3 Å². The van der Waals surface area contributed by atoms with Gasteiger partial charge in [0, 0.05) is 18.8 Å². The first-order valence-corrected chi connectivity index (χ1v) is 17.1. The highest BCUT2D eigenvalue weighted by molar-refractivity contribution is 5.77. The van der Waals surface area contributed by atoms with E-state index in [1.54, 1.807) is 55.4 Å². The molecule has 5 heterocycles. The maximum Gasteiger partial charge on any atom is 0.407 e. The van der Waals surface area contributed by atoms with Gasteiger partial charge in [-0.2, -0.15) is 0 Å². The number of ether oxygens (including phenoxy) is 9. The van der Waals surface area contributed by atoms with E-state index in [-0.39, 0.29) is 6.54 Å². The van der Waals surface area contributed by atoms with Crippen molar-refractivity contribution in [2.24, 2.45) is 5.73 Å². The van der Waals surface area contributed by atoms with Crippen LogP contribution in [-0.4, -0.2) is 106 Å². The van der Waals surface area contributed by atoms with Crippen molar-refractivity contribution in [2.45, 2.75) is 166 Å². The molecule has 1 aromatic heterocycles. The average Bonchev–Trinajstić information content (AvgIpc) is 3.71. The molecule has 282 valence electrons. The standard InChI is InChI=1S/C33H52N4O13/c1-11-33(12-2)47-19-16(15-35-29(41)50-31(6,7)8)42-27(24(19)48-33)44-20(18(34)26(39)49-30(3,4)5)21-22-23(46-32(9,10)45-22)25(43-21)37-14-13-17(38)36-28(37)40/h13-14,16,18-25,27H,11-12,15,34H2,1-10H3,(H,35,41)(H,36,38,40)/t16-,18+,19-,20?,21-,22-,23-,24-,25-,27+/m1/s1. The van der Waals surface area contributed by atoms with E-state index in [2.05, 4.69) is 10.3 Å². The molecule has 4 fully saturated rings. The fourth-order valence-electron chi connectivity index (χ4n) is 6.59. The predicted molar refractivity (Wildman–Crippen MR) is 174 cm³/mol. The van der Waals surface area contributed by atoms with E-state index in [0.29, 0.717) is 12.8 Å². The molecule has 0 spiro atoms. The van der Waals surface area contributed by atoms with Crippen molar-refractivity contribution in [1.29, 1.82) is 0 Å². The molecule has 17 heteroatoms. The Hall–Kier alpha value is -2.90. The molecule has 1 unspecified atom stereocenters. The van der Waals surface area contributed by atoms with Gasteiger partial charge in [0.15, 0.2) is 24.1 Å². The average molecular weight is 713 g/mol. The molecule has 10 atom stereocenters. The van der Waals surface area contributed by atoms with E-state index in [1.807, 2.05) is 13.8 Å². The van der Waals surface area contributed by atoms with Gasteiger partial charge in [-0.3, -0.25) is 19.1 Å². The van der Waals surface area contributed by atoms with E-state index in [0.717, 1.165) is 0 Å². The number of carbonyl (C=O) groups excluding carboxylic acids is 2. The fraction of sp³-hybridized carbons (Fsp3) is 0.818. The molecular weight excluding hydrogens is 660 g/mol. The number of nitrogens with two attached hydrogens (primary N) is 1. The first-order valence-electron chi connectivity index (χ1n) is 17.1. The van der Waals surface area contributed by atoms with Gasteiger partial charge in [0.1, 0.15) is 60.0 Å². The summed E-state index contributed by atoms with van der Waals surface area (Å²) in [6, 6.07) is -0.277. The molecule has 50 heavy (non-hydrogen) atoms. The lowest BCUT2D eigenvalue weighted by Crippen LogP contribution is -2.56. The SMILES string of the molecule is CCC1(CC)O[C@H]2[C@H](OC([C@H](N)C(=O)OC(C)(C)C)[C@H]3O[C@@H](n4ccc(=O)[nH]c4=O)[C@@H]4OC(C)(C)O[C@@H]43)O[C@H](CNC(=O)OC(C)(C)C)[C@H]2O1. The van der Waals surface area contributed by atoms with E-state index >= 15 is 0 Å². The van der Waals surface area contributed by atoms with Gasteiger partial charge in [-0.25, -0.2) is 9.59 Å². The summed E-state index contributed by atoms with van der Waals surface area (Å²) < 4.78 is 57.0. The number of hydrogen-bond donors (Lipinski definition) is 3. The van der Waals surface area contributed by atoms with Gasteiger partial charge in [-0.1, -0.05) is 13.8 Å². The molecule has 1 amide bonds. The number of rotatable bonds is 10. The molecule has 4 aliphatic heterocycles. The number of nitrogens with zero attached hydrogens (tertiary/aromatic N) is 1. The normalized spacial score (nSPS) is 32.6. The summed E-state index contributed by atoms with van der Waals surface area (Å²) in [6.45, 7) is 17.6. The number of aromatic nitrogens is 2. The second-order valence-corrected chi connectivity index (χ2v) is 15.4. The van der Waals surface area contributed by atoms with Crippen LogP contribution in [0.2, 0.25) is 0 Å². The Morgan fingerprint density at radius 3 is 2.16 bits per heavy atom. The highest BCUT2D eigenvalue weighted by atomic mass is 16.8. The number of carbonyl (C=O) groups is 2. The summed E-state index contributed by atoms with van der Waals surface area (Å²) in [5, 5.41) is 2.73. The van der Waals surface area contributed by atoms with Crippen molar-refractivity contribution < 1.29 is 52.2 Å². The number of alkyl carbamates (subject to hydrolysis) is 1. The number of nitrogens with one attached hydrogen (secondary N) is 2. The van der Waals surface area contributed by atoms with Crippen LogP contribution in [0.15, 0.2) is 21.9 Å². The van der Waals surface area contributed by atoms with Crippen LogP contribution < -0.4 is 22.3 Å². The minimum atomic E-state index is -1.45. The van der Waals surface area contributed by atoms with Crippen LogP contribution in [0.5, 0.6) is 0 Å².